The first-order valence-corrected chi connectivity index (χ1v) is 13.5. The third-order valence-corrected chi connectivity index (χ3v) is 7.84. The van der Waals surface area contributed by atoms with Crippen molar-refractivity contribution in [2.45, 2.75) is 90.9 Å². The molecule has 2 heterocycles. The molecule has 6 nitrogen and oxygen atoms in total. The minimum Gasteiger partial charge on any atom is -0.497 e. The van der Waals surface area contributed by atoms with Crippen LogP contribution < -0.4 is 15.0 Å². The normalized spacial score (nSPS) is 22.5. The fourth-order valence-corrected chi connectivity index (χ4v) is 5.66. The maximum atomic E-state index is 13.2. The molecule has 1 spiro atoms. The Hall–Kier alpha value is -1.79. The number of benzene rings is 1. The van der Waals surface area contributed by atoms with Crippen molar-refractivity contribution in [1.82, 2.24) is 5.32 Å². The molecule has 2 aliphatic rings. The molecule has 0 bridgehead atoms. The quantitative estimate of drug-likeness (QED) is 0.299. The number of nitrogens with one attached hydrogen (secondary N) is 1. The first-order chi connectivity index (χ1) is 16.6. The molecule has 0 amide bonds. The third kappa shape index (κ3) is 6.25. The molecule has 0 radical (unpaired) electrons. The summed E-state index contributed by atoms with van der Waals surface area (Å²) in [5.41, 5.74) is 0.910. The van der Waals surface area contributed by atoms with Crippen LogP contribution in [-0.2, 0) is 14.3 Å². The number of hydrogen-bond donors (Lipinski definition) is 1. The fourth-order valence-electron chi connectivity index (χ4n) is 5.66. The van der Waals surface area contributed by atoms with Crippen LogP contribution >= 0.6 is 0 Å². The number of rotatable bonds is 13. The summed E-state index contributed by atoms with van der Waals surface area (Å²) in [6, 6.07) is 8.16. The number of ether oxygens (including phenoxy) is 3. The van der Waals surface area contributed by atoms with Gasteiger partial charge in [-0.25, -0.2) is 0 Å². The van der Waals surface area contributed by atoms with Crippen LogP contribution in [0.2, 0.25) is 0 Å². The van der Waals surface area contributed by atoms with E-state index in [1.807, 2.05) is 12.1 Å². The Labute approximate surface area is 206 Å². The predicted octanol–water partition coefficient (Wildman–Crippen LogP) is 5.55. The zero-order valence-electron chi connectivity index (χ0n) is 21.8. The standard InChI is InChI=1S/C28H46N2O4/c1-5-8-9-10-11-12-22(6-2)26(31)34-25-21-33-27(28(25)17-19-29-20-18-28)30(7-3)23-13-15-24(32-4)16-14-23/h13-16,22,25,27,29H,5-12,17-21H2,1-4H3/t22-,25?,27+/m1/s1. The molecule has 192 valence electrons. The molecule has 1 aromatic rings. The fraction of sp³-hybridized carbons (Fsp3) is 0.750. The molecular formula is C28H46N2O4. The highest BCUT2D eigenvalue weighted by Crippen LogP contribution is 2.47. The molecule has 3 atom stereocenters. The molecule has 0 aromatic heterocycles. The van der Waals surface area contributed by atoms with Crippen LogP contribution in [0.4, 0.5) is 5.69 Å². The van der Waals surface area contributed by atoms with E-state index in [0.717, 1.165) is 63.2 Å². The average molecular weight is 475 g/mol. The van der Waals surface area contributed by atoms with Crippen molar-refractivity contribution >= 4 is 11.7 Å². The lowest BCUT2D eigenvalue weighted by molar-refractivity contribution is -0.160. The number of hydrogen-bond acceptors (Lipinski definition) is 6. The Balaban J connectivity index is 1.72. The van der Waals surface area contributed by atoms with Crippen LogP contribution in [0.1, 0.15) is 78.6 Å². The van der Waals surface area contributed by atoms with E-state index in [4.69, 9.17) is 14.2 Å². The van der Waals surface area contributed by atoms with E-state index < -0.39 is 0 Å². The molecule has 3 rings (SSSR count). The summed E-state index contributed by atoms with van der Waals surface area (Å²) < 4.78 is 18.1. The van der Waals surface area contributed by atoms with Gasteiger partial charge in [0.2, 0.25) is 0 Å². The summed E-state index contributed by atoms with van der Waals surface area (Å²) in [5.74, 6) is 0.803. The van der Waals surface area contributed by atoms with Gasteiger partial charge in [0, 0.05) is 12.2 Å². The molecule has 34 heavy (non-hydrogen) atoms. The lowest BCUT2D eigenvalue weighted by Gasteiger charge is -2.45. The summed E-state index contributed by atoms with van der Waals surface area (Å²) in [6.07, 6.45) is 9.42. The highest BCUT2D eigenvalue weighted by atomic mass is 16.6. The van der Waals surface area contributed by atoms with E-state index in [1.54, 1.807) is 7.11 Å². The summed E-state index contributed by atoms with van der Waals surface area (Å²) in [7, 11) is 1.68. The molecule has 2 aliphatic heterocycles. The van der Waals surface area contributed by atoms with Crippen LogP contribution in [0, 0.1) is 11.3 Å². The minimum atomic E-state index is -0.200. The van der Waals surface area contributed by atoms with Gasteiger partial charge in [0.15, 0.2) is 0 Å². The topological polar surface area (TPSA) is 60.0 Å². The van der Waals surface area contributed by atoms with E-state index in [2.05, 4.69) is 43.1 Å². The second-order valence-corrected chi connectivity index (χ2v) is 9.89. The van der Waals surface area contributed by atoms with Crippen molar-refractivity contribution in [2.24, 2.45) is 11.3 Å². The van der Waals surface area contributed by atoms with Gasteiger partial charge in [0.25, 0.3) is 0 Å². The molecule has 1 unspecified atom stereocenters. The van der Waals surface area contributed by atoms with Gasteiger partial charge in [-0.15, -0.1) is 0 Å². The van der Waals surface area contributed by atoms with Gasteiger partial charge in [-0.05, 0) is 70.0 Å². The van der Waals surface area contributed by atoms with Crippen LogP contribution in [0.5, 0.6) is 5.75 Å². The molecule has 0 saturated carbocycles. The minimum absolute atomic E-state index is 0.0108. The zero-order chi connectivity index (χ0) is 24.4. The van der Waals surface area contributed by atoms with Crippen LogP contribution in [0.3, 0.4) is 0 Å². The van der Waals surface area contributed by atoms with Gasteiger partial charge in [-0.3, -0.25) is 4.79 Å². The van der Waals surface area contributed by atoms with Crippen molar-refractivity contribution in [3.63, 3.8) is 0 Å². The maximum absolute atomic E-state index is 13.2. The average Bonchev–Trinajstić information content (AvgIpc) is 3.19. The van der Waals surface area contributed by atoms with Gasteiger partial charge in [0.1, 0.15) is 18.1 Å². The molecule has 2 fully saturated rings. The summed E-state index contributed by atoms with van der Waals surface area (Å²) in [6.45, 7) is 9.62. The largest absolute Gasteiger partial charge is 0.497 e. The molecular weight excluding hydrogens is 428 g/mol. The number of esters is 1. The Morgan fingerprint density at radius 3 is 2.44 bits per heavy atom. The molecule has 0 aliphatic carbocycles. The van der Waals surface area contributed by atoms with Crippen molar-refractivity contribution < 1.29 is 19.0 Å². The lowest BCUT2D eigenvalue weighted by atomic mass is 9.73. The predicted molar refractivity (Wildman–Crippen MR) is 137 cm³/mol. The summed E-state index contributed by atoms with van der Waals surface area (Å²) >= 11 is 0. The molecule has 2 saturated heterocycles. The smallest absolute Gasteiger partial charge is 0.309 e. The van der Waals surface area contributed by atoms with E-state index in [0.29, 0.717) is 6.61 Å². The highest BCUT2D eigenvalue weighted by molar-refractivity contribution is 5.72. The van der Waals surface area contributed by atoms with Crippen molar-refractivity contribution in [1.29, 1.82) is 0 Å². The molecule has 1 aromatic carbocycles. The van der Waals surface area contributed by atoms with Gasteiger partial charge in [-0.2, -0.15) is 0 Å². The Kier molecular flexibility index (Phi) is 10.5. The van der Waals surface area contributed by atoms with E-state index in [-0.39, 0.29) is 29.6 Å². The monoisotopic (exact) mass is 474 g/mol. The Morgan fingerprint density at radius 2 is 1.82 bits per heavy atom. The second kappa shape index (κ2) is 13.3. The third-order valence-electron chi connectivity index (χ3n) is 7.84. The SMILES string of the molecule is CCCCCCC[C@@H](CC)C(=O)OC1CO[C@H](N(CC)c2ccc(OC)cc2)C12CCNCC2. The molecule has 6 heteroatoms. The summed E-state index contributed by atoms with van der Waals surface area (Å²) in [4.78, 5) is 15.6. The molecule has 1 N–H and O–H groups in total. The second-order valence-electron chi connectivity index (χ2n) is 9.89. The number of nitrogens with zero attached hydrogens (tertiary/aromatic N) is 1. The zero-order valence-corrected chi connectivity index (χ0v) is 21.8. The van der Waals surface area contributed by atoms with Crippen LogP contribution in [0.15, 0.2) is 24.3 Å². The van der Waals surface area contributed by atoms with E-state index >= 15 is 0 Å². The Bertz CT molecular complexity index is 732. The van der Waals surface area contributed by atoms with Crippen molar-refractivity contribution in [3.8, 4) is 5.75 Å². The lowest BCUT2D eigenvalue weighted by Crippen LogP contribution is -2.55. The first-order valence-electron chi connectivity index (χ1n) is 13.5. The number of carbonyl (C=O) groups is 1. The van der Waals surface area contributed by atoms with Gasteiger partial charge >= 0.3 is 5.97 Å². The Morgan fingerprint density at radius 1 is 1.12 bits per heavy atom. The maximum Gasteiger partial charge on any atom is 0.309 e. The van der Waals surface area contributed by atoms with Crippen LogP contribution in [-0.4, -0.2) is 51.7 Å². The van der Waals surface area contributed by atoms with Crippen molar-refractivity contribution in [2.75, 3.05) is 38.3 Å². The van der Waals surface area contributed by atoms with Gasteiger partial charge in [-0.1, -0.05) is 46.0 Å². The highest BCUT2D eigenvalue weighted by Gasteiger charge is 2.56. The van der Waals surface area contributed by atoms with E-state index in [9.17, 15) is 4.79 Å². The number of piperidine rings is 1. The van der Waals surface area contributed by atoms with Crippen molar-refractivity contribution in [3.05, 3.63) is 24.3 Å². The number of anilines is 1. The van der Waals surface area contributed by atoms with Gasteiger partial charge < -0.3 is 24.4 Å². The number of methoxy groups -OCH3 is 1. The summed E-state index contributed by atoms with van der Waals surface area (Å²) in [5, 5.41) is 3.49. The van der Waals surface area contributed by atoms with Crippen LogP contribution in [0.25, 0.3) is 0 Å². The van der Waals surface area contributed by atoms with E-state index in [1.165, 1.54) is 25.7 Å². The number of unbranched alkanes of at least 4 members (excludes halogenated alkanes) is 4. The number of carbonyl (C=O) groups excluding carboxylic acids is 1. The van der Waals surface area contributed by atoms with Gasteiger partial charge in [0.05, 0.1) is 25.0 Å². The first kappa shape index (κ1) is 26.8.